The Morgan fingerprint density at radius 3 is 2.67 bits per heavy atom. The molecule has 0 unspecified atom stereocenters. The van der Waals surface area contributed by atoms with Crippen molar-refractivity contribution in [3.05, 3.63) is 29.8 Å². The molecule has 3 heteroatoms. The first-order valence-electron chi connectivity index (χ1n) is 6.30. The van der Waals surface area contributed by atoms with Crippen molar-refractivity contribution in [2.45, 2.75) is 13.5 Å². The molecule has 0 aromatic heterocycles. The van der Waals surface area contributed by atoms with Gasteiger partial charge in [0.2, 0.25) is 0 Å². The number of terminal acetylenes is 1. The van der Waals surface area contributed by atoms with Gasteiger partial charge in [-0.15, -0.1) is 6.42 Å². The molecule has 98 valence electrons. The van der Waals surface area contributed by atoms with Gasteiger partial charge in [-0.25, -0.2) is 0 Å². The highest BCUT2D eigenvalue weighted by molar-refractivity contribution is 5.27. The number of hydrogen-bond donors (Lipinski definition) is 1. The fourth-order valence-electron chi connectivity index (χ4n) is 1.53. The lowest BCUT2D eigenvalue weighted by Gasteiger charge is -2.14. The van der Waals surface area contributed by atoms with Gasteiger partial charge in [0.05, 0.1) is 6.54 Å². The SMILES string of the molecule is C#CCN(C)CCOc1ccc(CNCC)cc1. The zero-order chi connectivity index (χ0) is 13.2. The molecule has 18 heavy (non-hydrogen) atoms. The largest absolute Gasteiger partial charge is 0.492 e. The molecule has 0 radical (unpaired) electrons. The second-order valence-electron chi connectivity index (χ2n) is 4.21. The molecule has 0 heterocycles. The second kappa shape index (κ2) is 8.57. The van der Waals surface area contributed by atoms with E-state index in [1.54, 1.807) is 0 Å². The number of likely N-dealkylation sites (N-methyl/N-ethyl adjacent to an activating group) is 1. The van der Waals surface area contributed by atoms with E-state index in [-0.39, 0.29) is 0 Å². The molecule has 1 aromatic rings. The predicted octanol–water partition coefficient (Wildman–Crippen LogP) is 1.74. The lowest BCUT2D eigenvalue weighted by molar-refractivity contribution is 0.251. The summed E-state index contributed by atoms with van der Waals surface area (Å²) in [7, 11) is 1.99. The minimum Gasteiger partial charge on any atom is -0.492 e. The van der Waals surface area contributed by atoms with Crippen LogP contribution in [0, 0.1) is 12.3 Å². The van der Waals surface area contributed by atoms with Crippen LogP contribution in [0.2, 0.25) is 0 Å². The minimum absolute atomic E-state index is 0.657. The Labute approximate surface area is 110 Å². The van der Waals surface area contributed by atoms with Crippen LogP contribution in [0.1, 0.15) is 12.5 Å². The van der Waals surface area contributed by atoms with Gasteiger partial charge in [0.1, 0.15) is 12.4 Å². The average Bonchev–Trinajstić information content (AvgIpc) is 2.38. The van der Waals surface area contributed by atoms with E-state index in [4.69, 9.17) is 11.2 Å². The summed E-state index contributed by atoms with van der Waals surface area (Å²) in [4.78, 5) is 2.06. The van der Waals surface area contributed by atoms with Crippen molar-refractivity contribution >= 4 is 0 Å². The number of rotatable bonds is 8. The first-order chi connectivity index (χ1) is 8.76. The van der Waals surface area contributed by atoms with Crippen LogP contribution in [0.3, 0.4) is 0 Å². The van der Waals surface area contributed by atoms with E-state index >= 15 is 0 Å². The summed E-state index contributed by atoms with van der Waals surface area (Å²) in [5.41, 5.74) is 1.27. The van der Waals surface area contributed by atoms with Crippen molar-refractivity contribution in [3.8, 4) is 18.1 Å². The van der Waals surface area contributed by atoms with E-state index in [1.807, 2.05) is 19.2 Å². The highest BCUT2D eigenvalue weighted by Gasteiger charge is 1.98. The Bertz CT molecular complexity index is 367. The van der Waals surface area contributed by atoms with Crippen LogP contribution in [-0.4, -0.2) is 38.2 Å². The lowest BCUT2D eigenvalue weighted by Crippen LogP contribution is -2.24. The normalized spacial score (nSPS) is 10.3. The van der Waals surface area contributed by atoms with E-state index < -0.39 is 0 Å². The Hall–Kier alpha value is -1.50. The first-order valence-corrected chi connectivity index (χ1v) is 6.30. The smallest absolute Gasteiger partial charge is 0.119 e. The molecule has 0 aliphatic heterocycles. The lowest BCUT2D eigenvalue weighted by atomic mass is 10.2. The van der Waals surface area contributed by atoms with Crippen molar-refractivity contribution in [1.29, 1.82) is 0 Å². The van der Waals surface area contributed by atoms with E-state index in [9.17, 15) is 0 Å². The van der Waals surface area contributed by atoms with Gasteiger partial charge in [-0.2, -0.15) is 0 Å². The number of nitrogens with zero attached hydrogens (tertiary/aromatic N) is 1. The van der Waals surface area contributed by atoms with E-state index in [1.165, 1.54) is 5.56 Å². The maximum absolute atomic E-state index is 5.65. The molecule has 1 aromatic carbocycles. The summed E-state index contributed by atoms with van der Waals surface area (Å²) in [5.74, 6) is 3.51. The van der Waals surface area contributed by atoms with Crippen LogP contribution >= 0.6 is 0 Å². The van der Waals surface area contributed by atoms with E-state index in [0.717, 1.165) is 25.4 Å². The molecule has 0 saturated carbocycles. The summed E-state index contributed by atoms with van der Waals surface area (Å²) in [6, 6.07) is 8.19. The number of hydrogen-bond acceptors (Lipinski definition) is 3. The maximum Gasteiger partial charge on any atom is 0.119 e. The van der Waals surface area contributed by atoms with E-state index in [2.05, 4.69) is 35.2 Å². The van der Waals surface area contributed by atoms with Crippen LogP contribution in [0.25, 0.3) is 0 Å². The molecule has 0 aliphatic rings. The zero-order valence-electron chi connectivity index (χ0n) is 11.3. The standard InChI is InChI=1S/C15H22N2O/c1-4-10-17(3)11-12-18-15-8-6-14(7-9-15)13-16-5-2/h1,6-9,16H,5,10-13H2,2-3H3. The van der Waals surface area contributed by atoms with Gasteiger partial charge in [0.15, 0.2) is 0 Å². The van der Waals surface area contributed by atoms with Crippen molar-refractivity contribution in [2.24, 2.45) is 0 Å². The van der Waals surface area contributed by atoms with Crippen LogP contribution in [0.4, 0.5) is 0 Å². The fourth-order valence-corrected chi connectivity index (χ4v) is 1.53. The third kappa shape index (κ3) is 5.72. The number of benzene rings is 1. The van der Waals surface area contributed by atoms with Gasteiger partial charge in [-0.1, -0.05) is 25.0 Å². The molecule has 3 nitrogen and oxygen atoms in total. The summed E-state index contributed by atoms with van der Waals surface area (Å²) in [5, 5.41) is 3.29. The molecule has 0 atom stereocenters. The molecule has 0 spiro atoms. The molecule has 0 saturated heterocycles. The van der Waals surface area contributed by atoms with Crippen molar-refractivity contribution in [2.75, 3.05) is 33.3 Å². The average molecular weight is 246 g/mol. The minimum atomic E-state index is 0.657. The van der Waals surface area contributed by atoms with Crippen LogP contribution in [0.15, 0.2) is 24.3 Å². The van der Waals surface area contributed by atoms with Gasteiger partial charge in [-0.05, 0) is 31.3 Å². The van der Waals surface area contributed by atoms with Crippen LogP contribution < -0.4 is 10.1 Å². The molecule has 0 bridgehead atoms. The fraction of sp³-hybridized carbons (Fsp3) is 0.467. The molecular weight excluding hydrogens is 224 g/mol. The number of nitrogens with one attached hydrogen (secondary N) is 1. The second-order valence-corrected chi connectivity index (χ2v) is 4.21. The van der Waals surface area contributed by atoms with Crippen LogP contribution in [-0.2, 0) is 6.54 Å². The third-order valence-corrected chi connectivity index (χ3v) is 2.61. The molecular formula is C15H22N2O. The molecule has 1 N–H and O–H groups in total. The van der Waals surface area contributed by atoms with Gasteiger partial charge < -0.3 is 10.1 Å². The summed E-state index contributed by atoms with van der Waals surface area (Å²) in [6.07, 6.45) is 5.23. The highest BCUT2D eigenvalue weighted by atomic mass is 16.5. The van der Waals surface area contributed by atoms with Gasteiger partial charge >= 0.3 is 0 Å². The van der Waals surface area contributed by atoms with Gasteiger partial charge in [0.25, 0.3) is 0 Å². The quantitative estimate of drug-likeness (QED) is 0.707. The Morgan fingerprint density at radius 2 is 2.06 bits per heavy atom. The van der Waals surface area contributed by atoms with Crippen LogP contribution in [0.5, 0.6) is 5.75 Å². The summed E-state index contributed by atoms with van der Waals surface area (Å²) < 4.78 is 5.65. The summed E-state index contributed by atoms with van der Waals surface area (Å²) >= 11 is 0. The van der Waals surface area contributed by atoms with Gasteiger partial charge in [0, 0.05) is 13.1 Å². The Morgan fingerprint density at radius 1 is 1.33 bits per heavy atom. The summed E-state index contributed by atoms with van der Waals surface area (Å²) in [6.45, 7) is 6.14. The van der Waals surface area contributed by atoms with E-state index in [0.29, 0.717) is 13.2 Å². The zero-order valence-corrected chi connectivity index (χ0v) is 11.3. The molecule has 0 aliphatic carbocycles. The van der Waals surface area contributed by atoms with Gasteiger partial charge in [-0.3, -0.25) is 4.90 Å². The maximum atomic E-state index is 5.65. The topological polar surface area (TPSA) is 24.5 Å². The highest BCUT2D eigenvalue weighted by Crippen LogP contribution is 2.11. The van der Waals surface area contributed by atoms with Crippen molar-refractivity contribution in [3.63, 3.8) is 0 Å². The number of ether oxygens (including phenoxy) is 1. The molecule has 0 fully saturated rings. The predicted molar refractivity (Wildman–Crippen MR) is 75.6 cm³/mol. The van der Waals surface area contributed by atoms with Crippen molar-refractivity contribution < 1.29 is 4.74 Å². The third-order valence-electron chi connectivity index (χ3n) is 2.61. The monoisotopic (exact) mass is 246 g/mol. The first kappa shape index (κ1) is 14.6. The molecule has 0 amide bonds. The molecule has 1 rings (SSSR count). The van der Waals surface area contributed by atoms with Crippen molar-refractivity contribution in [1.82, 2.24) is 10.2 Å². The Kier molecular flexibility index (Phi) is 6.93. The Balaban J connectivity index is 2.28.